The zero-order valence-electron chi connectivity index (χ0n) is 7.47. The number of aliphatic hydroxyl groups is 1. The van der Waals surface area contributed by atoms with E-state index in [1.165, 1.54) is 6.42 Å². The molecule has 0 rings (SSSR count). The van der Waals surface area contributed by atoms with Crippen LogP contribution in [-0.4, -0.2) is 36.3 Å². The van der Waals surface area contributed by atoms with Gasteiger partial charge in [-0.25, -0.2) is 0 Å². The first kappa shape index (κ1) is 11.3. The van der Waals surface area contributed by atoms with Crippen LogP contribution in [0.3, 0.4) is 0 Å². The number of nitrogens with one attached hydrogen (secondary N) is 1. The lowest BCUT2D eigenvalue weighted by Crippen LogP contribution is -2.19. The Morgan fingerprint density at radius 1 is 1.45 bits per heavy atom. The molecule has 0 aromatic heterocycles. The molecule has 11 heavy (non-hydrogen) atoms. The van der Waals surface area contributed by atoms with Gasteiger partial charge >= 0.3 is 0 Å². The molecule has 2 nitrogen and oxygen atoms in total. The molecule has 0 saturated carbocycles. The molecule has 0 bridgehead atoms. The van der Waals surface area contributed by atoms with Crippen LogP contribution in [0.2, 0.25) is 0 Å². The Morgan fingerprint density at radius 3 is 2.73 bits per heavy atom. The summed E-state index contributed by atoms with van der Waals surface area (Å²) in [6, 6.07) is 0. The van der Waals surface area contributed by atoms with Crippen molar-refractivity contribution in [1.82, 2.24) is 5.32 Å². The molecule has 3 heteroatoms. The summed E-state index contributed by atoms with van der Waals surface area (Å²) in [5.74, 6) is 0. The van der Waals surface area contributed by atoms with Crippen molar-refractivity contribution in [3.63, 3.8) is 0 Å². The molecule has 0 spiro atoms. The number of thioether (sulfide) groups is 1. The quantitative estimate of drug-likeness (QED) is 0.571. The largest absolute Gasteiger partial charge is 0.396 e. The van der Waals surface area contributed by atoms with Crippen molar-refractivity contribution in [2.75, 3.05) is 26.0 Å². The van der Waals surface area contributed by atoms with Crippen LogP contribution in [0, 0.1) is 0 Å². The maximum atomic E-state index is 8.48. The van der Waals surface area contributed by atoms with Gasteiger partial charge in [0, 0.05) is 11.9 Å². The fraction of sp³-hybridized carbons (Fsp3) is 1.00. The Bertz CT molecular complexity index is 80.5. The van der Waals surface area contributed by atoms with Crippen molar-refractivity contribution in [3.05, 3.63) is 0 Å². The number of hydrogen-bond donors (Lipinski definition) is 2. The predicted molar refractivity (Wildman–Crippen MR) is 52.2 cm³/mol. The van der Waals surface area contributed by atoms with Gasteiger partial charge in [0.15, 0.2) is 0 Å². The average molecular weight is 177 g/mol. The molecule has 0 fully saturated rings. The second-order valence-corrected chi connectivity index (χ2v) is 3.94. The molecule has 1 unspecified atom stereocenters. The van der Waals surface area contributed by atoms with E-state index < -0.39 is 0 Å². The fourth-order valence-electron chi connectivity index (χ4n) is 0.752. The molecule has 0 aromatic rings. The number of hydrogen-bond acceptors (Lipinski definition) is 3. The summed E-state index contributed by atoms with van der Waals surface area (Å²) in [6.45, 7) is 4.54. The van der Waals surface area contributed by atoms with Gasteiger partial charge in [0.1, 0.15) is 0 Å². The third-order valence-electron chi connectivity index (χ3n) is 1.64. The van der Waals surface area contributed by atoms with Gasteiger partial charge in [0.2, 0.25) is 0 Å². The topological polar surface area (TPSA) is 32.3 Å². The minimum Gasteiger partial charge on any atom is -0.396 e. The first-order valence-electron chi connectivity index (χ1n) is 4.15. The van der Waals surface area contributed by atoms with Crippen LogP contribution in [0.25, 0.3) is 0 Å². The van der Waals surface area contributed by atoms with E-state index in [2.05, 4.69) is 18.5 Å². The molecular weight excluding hydrogens is 158 g/mol. The normalized spacial score (nSPS) is 13.4. The second-order valence-electron chi connectivity index (χ2n) is 2.66. The van der Waals surface area contributed by atoms with Gasteiger partial charge in [0.05, 0.1) is 0 Å². The number of rotatable bonds is 7. The zero-order valence-corrected chi connectivity index (χ0v) is 8.28. The van der Waals surface area contributed by atoms with Crippen LogP contribution in [0.4, 0.5) is 0 Å². The molecule has 1 atom stereocenters. The first-order valence-corrected chi connectivity index (χ1v) is 5.44. The van der Waals surface area contributed by atoms with Crippen LogP contribution in [0.1, 0.15) is 19.8 Å². The van der Waals surface area contributed by atoms with E-state index in [1.807, 2.05) is 11.8 Å². The Balaban J connectivity index is 2.89. The Kier molecular flexibility index (Phi) is 8.57. The third kappa shape index (κ3) is 8.17. The standard InChI is InChI=1S/C8H19NOS/c1-8(11-2)4-6-9-5-3-7-10/h8-10H,3-7H2,1-2H3. The Labute approximate surface area is 73.8 Å². The van der Waals surface area contributed by atoms with Gasteiger partial charge in [-0.3, -0.25) is 0 Å². The van der Waals surface area contributed by atoms with Crippen LogP contribution < -0.4 is 5.32 Å². The van der Waals surface area contributed by atoms with Crippen LogP contribution >= 0.6 is 11.8 Å². The highest BCUT2D eigenvalue weighted by molar-refractivity contribution is 7.99. The van der Waals surface area contributed by atoms with E-state index >= 15 is 0 Å². The van der Waals surface area contributed by atoms with E-state index in [9.17, 15) is 0 Å². The van der Waals surface area contributed by atoms with Gasteiger partial charge in [0.25, 0.3) is 0 Å². The lowest BCUT2D eigenvalue weighted by atomic mass is 10.3. The van der Waals surface area contributed by atoms with Crippen molar-refractivity contribution in [1.29, 1.82) is 0 Å². The molecule has 0 amide bonds. The molecule has 0 aliphatic heterocycles. The highest BCUT2D eigenvalue weighted by Gasteiger charge is 1.96. The molecule has 0 aliphatic carbocycles. The van der Waals surface area contributed by atoms with Crippen molar-refractivity contribution in [2.24, 2.45) is 0 Å². The van der Waals surface area contributed by atoms with Gasteiger partial charge in [-0.15, -0.1) is 0 Å². The summed E-state index contributed by atoms with van der Waals surface area (Å²) < 4.78 is 0. The molecule has 0 aromatic carbocycles. The van der Waals surface area contributed by atoms with E-state index in [0.717, 1.165) is 24.8 Å². The zero-order chi connectivity index (χ0) is 8.53. The monoisotopic (exact) mass is 177 g/mol. The molecule has 68 valence electrons. The SMILES string of the molecule is CSC(C)CCNCCCO. The van der Waals surface area contributed by atoms with Crippen LogP contribution in [0.15, 0.2) is 0 Å². The summed E-state index contributed by atoms with van der Waals surface area (Å²) in [4.78, 5) is 0. The molecule has 0 aliphatic rings. The first-order chi connectivity index (χ1) is 5.31. The van der Waals surface area contributed by atoms with Crippen molar-refractivity contribution >= 4 is 11.8 Å². The van der Waals surface area contributed by atoms with Crippen LogP contribution in [0.5, 0.6) is 0 Å². The lowest BCUT2D eigenvalue weighted by molar-refractivity contribution is 0.286. The van der Waals surface area contributed by atoms with Gasteiger partial charge < -0.3 is 10.4 Å². The Morgan fingerprint density at radius 2 is 2.18 bits per heavy atom. The van der Waals surface area contributed by atoms with Gasteiger partial charge in [-0.1, -0.05) is 6.92 Å². The van der Waals surface area contributed by atoms with Crippen molar-refractivity contribution < 1.29 is 5.11 Å². The van der Waals surface area contributed by atoms with E-state index in [1.54, 1.807) is 0 Å². The Hall–Kier alpha value is 0.270. The minimum atomic E-state index is 0.297. The lowest BCUT2D eigenvalue weighted by Gasteiger charge is -2.07. The second kappa shape index (κ2) is 8.37. The highest BCUT2D eigenvalue weighted by Crippen LogP contribution is 2.07. The minimum absolute atomic E-state index is 0.297. The predicted octanol–water partition coefficient (Wildman–Crippen LogP) is 1.10. The highest BCUT2D eigenvalue weighted by atomic mass is 32.2. The summed E-state index contributed by atoms with van der Waals surface area (Å²) >= 11 is 1.90. The van der Waals surface area contributed by atoms with Crippen LogP contribution in [-0.2, 0) is 0 Å². The van der Waals surface area contributed by atoms with Gasteiger partial charge in [-0.05, 0) is 32.2 Å². The number of aliphatic hydroxyl groups excluding tert-OH is 1. The molecule has 0 radical (unpaired) electrons. The summed E-state index contributed by atoms with van der Waals surface area (Å²) in [5.41, 5.74) is 0. The van der Waals surface area contributed by atoms with Crippen molar-refractivity contribution in [3.8, 4) is 0 Å². The summed E-state index contributed by atoms with van der Waals surface area (Å²) in [7, 11) is 0. The molecular formula is C8H19NOS. The smallest absolute Gasteiger partial charge is 0.0443 e. The third-order valence-corrected chi connectivity index (χ3v) is 2.68. The summed E-state index contributed by atoms with van der Waals surface area (Å²) in [6.07, 6.45) is 4.22. The molecule has 0 heterocycles. The molecule has 0 saturated heterocycles. The van der Waals surface area contributed by atoms with E-state index in [0.29, 0.717) is 6.61 Å². The van der Waals surface area contributed by atoms with E-state index in [-0.39, 0.29) is 0 Å². The summed E-state index contributed by atoms with van der Waals surface area (Å²) in [5, 5.41) is 12.5. The maximum absolute atomic E-state index is 8.48. The molecule has 2 N–H and O–H groups in total. The fourth-order valence-corrected chi connectivity index (χ4v) is 1.11. The average Bonchev–Trinajstić information content (AvgIpc) is 2.04. The van der Waals surface area contributed by atoms with Gasteiger partial charge in [-0.2, -0.15) is 11.8 Å². The van der Waals surface area contributed by atoms with E-state index in [4.69, 9.17) is 5.11 Å². The van der Waals surface area contributed by atoms with Crippen molar-refractivity contribution in [2.45, 2.75) is 25.0 Å². The maximum Gasteiger partial charge on any atom is 0.0443 e.